The zero-order valence-corrected chi connectivity index (χ0v) is 13.9. The summed E-state index contributed by atoms with van der Waals surface area (Å²) < 4.78 is 10.3. The van der Waals surface area contributed by atoms with Crippen LogP contribution in [0.5, 0.6) is 11.5 Å². The van der Waals surface area contributed by atoms with E-state index in [0.29, 0.717) is 22.2 Å². The lowest BCUT2D eigenvalue weighted by Gasteiger charge is -2.06. The number of nitro groups is 1. The quantitative estimate of drug-likeness (QED) is 0.506. The van der Waals surface area contributed by atoms with E-state index in [2.05, 4.69) is 5.32 Å². The van der Waals surface area contributed by atoms with Crippen molar-refractivity contribution in [2.45, 2.75) is 6.92 Å². The van der Waals surface area contributed by atoms with Gasteiger partial charge < -0.3 is 14.8 Å². The van der Waals surface area contributed by atoms with E-state index >= 15 is 0 Å². The molecule has 0 bridgehead atoms. The van der Waals surface area contributed by atoms with E-state index in [1.807, 2.05) is 6.92 Å². The lowest BCUT2D eigenvalue weighted by Crippen LogP contribution is -2.08. The number of benzene rings is 2. The van der Waals surface area contributed by atoms with Crippen molar-refractivity contribution in [3.8, 4) is 11.5 Å². The van der Waals surface area contributed by atoms with E-state index in [9.17, 15) is 14.9 Å². The van der Waals surface area contributed by atoms with Crippen molar-refractivity contribution in [2.75, 3.05) is 12.1 Å². The van der Waals surface area contributed by atoms with Crippen molar-refractivity contribution in [3.05, 3.63) is 62.7 Å². The Balaban J connectivity index is 1.81. The Morgan fingerprint density at radius 3 is 2.68 bits per heavy atom. The lowest BCUT2D eigenvalue weighted by molar-refractivity contribution is -0.385. The number of anilines is 1. The number of amides is 1. The van der Waals surface area contributed by atoms with Crippen LogP contribution in [0, 0.1) is 17.0 Å². The molecule has 25 heavy (non-hydrogen) atoms. The summed E-state index contributed by atoms with van der Waals surface area (Å²) in [5.74, 6) is 0.293. The molecule has 0 atom stereocenters. The van der Waals surface area contributed by atoms with Gasteiger partial charge in [-0.3, -0.25) is 14.9 Å². The number of carbonyl (C=O) groups is 1. The van der Waals surface area contributed by atoms with Crippen LogP contribution in [0.4, 0.5) is 11.4 Å². The smallest absolute Gasteiger partial charge is 0.280 e. The van der Waals surface area contributed by atoms with Gasteiger partial charge in [-0.2, -0.15) is 0 Å². The first kappa shape index (κ1) is 16.8. The van der Waals surface area contributed by atoms with Crippen LogP contribution in [-0.4, -0.2) is 17.6 Å². The fraction of sp³-hybridized carbons (Fsp3) is 0.118. The van der Waals surface area contributed by atoms with Crippen molar-refractivity contribution < 1.29 is 19.2 Å². The molecule has 0 spiro atoms. The second kappa shape index (κ2) is 6.82. The van der Waals surface area contributed by atoms with Crippen molar-refractivity contribution >= 4 is 35.0 Å². The maximum atomic E-state index is 12.1. The Morgan fingerprint density at radius 1 is 1.28 bits per heavy atom. The van der Waals surface area contributed by atoms with Gasteiger partial charge in [-0.25, -0.2) is 0 Å². The van der Waals surface area contributed by atoms with Crippen molar-refractivity contribution in [3.63, 3.8) is 0 Å². The second-order valence-corrected chi connectivity index (χ2v) is 5.74. The van der Waals surface area contributed by atoms with Crippen molar-refractivity contribution in [1.29, 1.82) is 0 Å². The summed E-state index contributed by atoms with van der Waals surface area (Å²) in [5.41, 5.74) is 1.50. The van der Waals surface area contributed by atoms with Crippen molar-refractivity contribution in [2.24, 2.45) is 0 Å². The van der Waals surface area contributed by atoms with Crippen LogP contribution in [-0.2, 0) is 4.79 Å². The average Bonchev–Trinajstić information content (AvgIpc) is 3.02. The number of aryl methyl sites for hydroxylation is 1. The van der Waals surface area contributed by atoms with Crippen LogP contribution in [0.25, 0.3) is 6.08 Å². The number of rotatable bonds is 4. The molecular formula is C17H13ClN2O5. The molecule has 8 heteroatoms. The predicted molar refractivity (Wildman–Crippen MR) is 93.1 cm³/mol. The molecule has 1 heterocycles. The molecular weight excluding hydrogens is 348 g/mol. The van der Waals surface area contributed by atoms with Gasteiger partial charge in [0, 0.05) is 16.8 Å². The molecule has 1 amide bonds. The van der Waals surface area contributed by atoms with Gasteiger partial charge in [0.05, 0.1) is 16.6 Å². The highest BCUT2D eigenvalue weighted by Crippen LogP contribution is 2.38. The van der Waals surface area contributed by atoms with Gasteiger partial charge in [0.1, 0.15) is 0 Å². The standard InChI is InChI=1S/C17H13ClN2O5/c1-10-6-12(18)3-4-13(10)19-17(21)5-2-11-7-15-16(25-9-24-15)8-14(11)20(22)23/h2-8H,9H2,1H3,(H,19,21)/b5-2+. The number of hydrogen-bond donors (Lipinski definition) is 1. The zero-order valence-electron chi connectivity index (χ0n) is 13.1. The first-order valence-electron chi connectivity index (χ1n) is 7.27. The number of nitrogens with one attached hydrogen (secondary N) is 1. The van der Waals surface area contributed by atoms with Gasteiger partial charge in [-0.05, 0) is 42.8 Å². The minimum atomic E-state index is -0.539. The molecule has 0 unspecified atom stereocenters. The highest BCUT2D eigenvalue weighted by Gasteiger charge is 2.22. The third kappa shape index (κ3) is 3.72. The van der Waals surface area contributed by atoms with E-state index in [-0.39, 0.29) is 18.0 Å². The summed E-state index contributed by atoms with van der Waals surface area (Å²) in [6.07, 6.45) is 2.58. The lowest BCUT2D eigenvalue weighted by atomic mass is 10.1. The van der Waals surface area contributed by atoms with Gasteiger partial charge in [0.15, 0.2) is 11.5 Å². The molecule has 1 aliphatic rings. The second-order valence-electron chi connectivity index (χ2n) is 5.30. The zero-order chi connectivity index (χ0) is 18.0. The number of nitro benzene ring substituents is 1. The molecule has 0 aromatic heterocycles. The average molecular weight is 361 g/mol. The Labute approximate surface area is 148 Å². The molecule has 3 rings (SSSR count). The minimum Gasteiger partial charge on any atom is -0.454 e. The highest BCUT2D eigenvalue weighted by atomic mass is 35.5. The van der Waals surface area contributed by atoms with Crippen molar-refractivity contribution in [1.82, 2.24) is 0 Å². The molecule has 0 radical (unpaired) electrons. The molecule has 128 valence electrons. The Kier molecular flexibility index (Phi) is 4.58. The first-order chi connectivity index (χ1) is 11.9. The number of ether oxygens (including phenoxy) is 2. The van der Waals surface area contributed by atoms with E-state index in [0.717, 1.165) is 5.56 Å². The third-order valence-electron chi connectivity index (χ3n) is 3.58. The number of fused-ring (bicyclic) bond motifs is 1. The van der Waals surface area contributed by atoms with Gasteiger partial charge in [-0.15, -0.1) is 0 Å². The molecule has 7 nitrogen and oxygen atoms in total. The van der Waals surface area contributed by atoms with E-state index in [4.69, 9.17) is 21.1 Å². The number of carbonyl (C=O) groups excluding carboxylic acids is 1. The van der Waals surface area contributed by atoms with E-state index in [1.54, 1.807) is 18.2 Å². The fourth-order valence-electron chi connectivity index (χ4n) is 2.35. The van der Waals surface area contributed by atoms with E-state index < -0.39 is 10.8 Å². The maximum Gasteiger partial charge on any atom is 0.280 e. The van der Waals surface area contributed by atoms with Crippen LogP contribution in [0.3, 0.4) is 0 Å². The number of hydrogen-bond acceptors (Lipinski definition) is 5. The Bertz CT molecular complexity index is 895. The van der Waals surface area contributed by atoms with Gasteiger partial charge in [-0.1, -0.05) is 11.6 Å². The van der Waals surface area contributed by atoms with Crippen LogP contribution < -0.4 is 14.8 Å². The molecule has 0 saturated heterocycles. The van der Waals surface area contributed by atoms with Gasteiger partial charge >= 0.3 is 0 Å². The Hall–Kier alpha value is -3.06. The van der Waals surface area contributed by atoms with E-state index in [1.165, 1.54) is 24.3 Å². The minimum absolute atomic E-state index is 0.00991. The monoisotopic (exact) mass is 360 g/mol. The third-order valence-corrected chi connectivity index (χ3v) is 3.81. The summed E-state index contributed by atoms with van der Waals surface area (Å²) >= 11 is 5.88. The van der Waals surface area contributed by atoms with Crippen LogP contribution in [0.2, 0.25) is 5.02 Å². The molecule has 2 aromatic carbocycles. The van der Waals surface area contributed by atoms with Crippen LogP contribution in [0.1, 0.15) is 11.1 Å². The molecule has 1 N–H and O–H groups in total. The molecule has 2 aromatic rings. The number of nitrogens with zero attached hydrogens (tertiary/aromatic N) is 1. The molecule has 0 saturated carbocycles. The topological polar surface area (TPSA) is 90.7 Å². The van der Waals surface area contributed by atoms with Crippen LogP contribution in [0.15, 0.2) is 36.4 Å². The molecule has 0 fully saturated rings. The Morgan fingerprint density at radius 2 is 2.00 bits per heavy atom. The SMILES string of the molecule is Cc1cc(Cl)ccc1NC(=O)/C=C/c1cc2c(cc1[N+](=O)[O-])OCO2. The normalized spacial score (nSPS) is 12.4. The summed E-state index contributed by atoms with van der Waals surface area (Å²) in [4.78, 5) is 22.7. The fourth-order valence-corrected chi connectivity index (χ4v) is 2.57. The molecule has 0 aliphatic carbocycles. The predicted octanol–water partition coefficient (Wildman–Crippen LogP) is 3.94. The summed E-state index contributed by atoms with van der Waals surface area (Å²) in [7, 11) is 0. The first-order valence-corrected chi connectivity index (χ1v) is 7.65. The molecule has 1 aliphatic heterocycles. The van der Waals surface area contributed by atoms with Gasteiger partial charge in [0.25, 0.3) is 5.69 Å². The van der Waals surface area contributed by atoms with Crippen LogP contribution >= 0.6 is 11.6 Å². The highest BCUT2D eigenvalue weighted by molar-refractivity contribution is 6.30. The summed E-state index contributed by atoms with van der Waals surface area (Å²) in [6.45, 7) is 1.82. The van der Waals surface area contributed by atoms with Gasteiger partial charge in [0.2, 0.25) is 12.7 Å². The largest absolute Gasteiger partial charge is 0.454 e. The number of halogens is 1. The summed E-state index contributed by atoms with van der Waals surface area (Å²) in [5, 5.41) is 14.5. The summed E-state index contributed by atoms with van der Waals surface area (Å²) in [6, 6.07) is 7.83. The maximum absolute atomic E-state index is 12.1.